The summed E-state index contributed by atoms with van der Waals surface area (Å²) in [7, 11) is 3.93. The largest absolute Gasteiger partial charge is 0.355 e. The summed E-state index contributed by atoms with van der Waals surface area (Å²) < 4.78 is 1.63. The SMILES string of the molecule is CN1CCN(c2cc(Nc3cccc(C(=O)NC(CC4CCCC4)C(=O)Nc4cnn(C)c4)c3)ccn2)CC1. The quantitative estimate of drug-likeness (QED) is 0.388. The van der Waals surface area contributed by atoms with Crippen LogP contribution in [0.25, 0.3) is 0 Å². The first-order valence-corrected chi connectivity index (χ1v) is 13.8. The van der Waals surface area contributed by atoms with Crippen LogP contribution in [0.2, 0.25) is 0 Å². The minimum Gasteiger partial charge on any atom is -0.355 e. The highest BCUT2D eigenvalue weighted by molar-refractivity contribution is 6.01. The van der Waals surface area contributed by atoms with Crippen LogP contribution in [0.3, 0.4) is 0 Å². The van der Waals surface area contributed by atoms with Gasteiger partial charge in [-0.2, -0.15) is 5.10 Å². The Labute approximate surface area is 229 Å². The fraction of sp³-hybridized carbons (Fsp3) is 0.448. The minimum absolute atomic E-state index is 0.217. The molecule has 2 amide bonds. The molecule has 1 saturated carbocycles. The molecule has 1 aromatic carbocycles. The van der Waals surface area contributed by atoms with E-state index >= 15 is 0 Å². The standard InChI is InChI=1S/C29H38N8O2/c1-35-12-14-37(15-13-35)27-18-24(10-11-30-27)32-23-9-5-8-22(17-23)28(38)34-26(16-21-6-3-4-7-21)29(39)33-25-19-31-36(2)20-25/h5,8-11,17-21,26H,3-4,6-7,12-16H2,1-2H3,(H,30,32)(H,33,39)(H,34,38). The van der Waals surface area contributed by atoms with Crippen LogP contribution in [0.15, 0.2) is 55.0 Å². The summed E-state index contributed by atoms with van der Waals surface area (Å²) in [5.41, 5.74) is 2.82. The van der Waals surface area contributed by atoms with E-state index in [1.54, 1.807) is 36.4 Å². The molecule has 39 heavy (non-hydrogen) atoms. The Morgan fingerprint density at radius 1 is 1.00 bits per heavy atom. The van der Waals surface area contributed by atoms with Gasteiger partial charge in [-0.1, -0.05) is 31.7 Å². The van der Waals surface area contributed by atoms with Crippen molar-refractivity contribution in [3.05, 3.63) is 60.6 Å². The van der Waals surface area contributed by atoms with Crippen molar-refractivity contribution in [3.63, 3.8) is 0 Å². The predicted octanol–water partition coefficient (Wildman–Crippen LogP) is 3.63. The van der Waals surface area contributed by atoms with E-state index in [9.17, 15) is 9.59 Å². The van der Waals surface area contributed by atoms with Gasteiger partial charge >= 0.3 is 0 Å². The number of carbonyl (C=O) groups is 2. The zero-order chi connectivity index (χ0) is 27.2. The number of benzene rings is 1. The van der Waals surface area contributed by atoms with Crippen LogP contribution < -0.4 is 20.9 Å². The molecule has 1 atom stereocenters. The first-order valence-electron chi connectivity index (χ1n) is 13.8. The summed E-state index contributed by atoms with van der Waals surface area (Å²) in [6.45, 7) is 3.91. The van der Waals surface area contributed by atoms with Gasteiger partial charge in [0.1, 0.15) is 11.9 Å². The summed E-state index contributed by atoms with van der Waals surface area (Å²) in [5, 5.41) is 13.4. The molecule has 2 aromatic heterocycles. The number of likely N-dealkylation sites (N-methyl/N-ethyl adjacent to an activating group) is 1. The van der Waals surface area contributed by atoms with E-state index in [-0.39, 0.29) is 11.8 Å². The van der Waals surface area contributed by atoms with Crippen molar-refractivity contribution in [1.29, 1.82) is 0 Å². The molecule has 0 bridgehead atoms. The number of pyridine rings is 1. The van der Waals surface area contributed by atoms with E-state index in [2.05, 4.69) is 42.9 Å². The van der Waals surface area contributed by atoms with Crippen LogP contribution in [0.5, 0.6) is 0 Å². The topological polar surface area (TPSA) is 107 Å². The second-order valence-corrected chi connectivity index (χ2v) is 10.7. The van der Waals surface area contributed by atoms with Crippen molar-refractivity contribution in [3.8, 4) is 0 Å². The average molecular weight is 531 g/mol. The fourth-order valence-corrected chi connectivity index (χ4v) is 5.38. The van der Waals surface area contributed by atoms with E-state index in [0.717, 1.165) is 56.2 Å². The number of hydrogen-bond acceptors (Lipinski definition) is 7. The van der Waals surface area contributed by atoms with Crippen molar-refractivity contribution in [2.45, 2.75) is 38.1 Å². The van der Waals surface area contributed by atoms with E-state index in [4.69, 9.17) is 0 Å². The maximum absolute atomic E-state index is 13.3. The molecule has 10 nitrogen and oxygen atoms in total. The van der Waals surface area contributed by atoms with Crippen LogP contribution in [0.1, 0.15) is 42.5 Å². The molecular weight excluding hydrogens is 492 g/mol. The third kappa shape index (κ3) is 7.14. The third-order valence-corrected chi connectivity index (χ3v) is 7.62. The number of nitrogens with one attached hydrogen (secondary N) is 3. The number of amides is 2. The normalized spacial score (nSPS) is 17.1. The number of hydrogen-bond donors (Lipinski definition) is 3. The Kier molecular flexibility index (Phi) is 8.41. The van der Waals surface area contributed by atoms with Gasteiger partial charge in [0.25, 0.3) is 5.91 Å². The molecule has 1 aliphatic carbocycles. The molecule has 206 valence electrons. The second-order valence-electron chi connectivity index (χ2n) is 10.7. The zero-order valence-electron chi connectivity index (χ0n) is 22.8. The number of piperazine rings is 1. The van der Waals surface area contributed by atoms with Gasteiger partial charge in [0.05, 0.1) is 11.9 Å². The second kappa shape index (κ2) is 12.3. The van der Waals surface area contributed by atoms with Crippen molar-refractivity contribution in [2.24, 2.45) is 13.0 Å². The Bertz CT molecular complexity index is 1280. The third-order valence-electron chi connectivity index (χ3n) is 7.62. The highest BCUT2D eigenvalue weighted by Crippen LogP contribution is 2.29. The lowest BCUT2D eigenvalue weighted by Gasteiger charge is -2.33. The molecule has 10 heteroatoms. The van der Waals surface area contributed by atoms with Gasteiger partial charge in [0, 0.05) is 68.6 Å². The maximum atomic E-state index is 13.3. The van der Waals surface area contributed by atoms with E-state index < -0.39 is 6.04 Å². The van der Waals surface area contributed by atoms with Crippen LogP contribution in [-0.4, -0.2) is 70.7 Å². The predicted molar refractivity (Wildman–Crippen MR) is 153 cm³/mol. The lowest BCUT2D eigenvalue weighted by atomic mass is 9.97. The lowest BCUT2D eigenvalue weighted by molar-refractivity contribution is -0.118. The van der Waals surface area contributed by atoms with Gasteiger partial charge in [0.2, 0.25) is 5.91 Å². The molecule has 1 saturated heterocycles. The van der Waals surface area contributed by atoms with Crippen LogP contribution in [0, 0.1) is 5.92 Å². The molecule has 0 radical (unpaired) electrons. The van der Waals surface area contributed by atoms with Crippen molar-refractivity contribution >= 4 is 34.7 Å². The summed E-state index contributed by atoms with van der Waals surface area (Å²) in [6.07, 6.45) is 10.3. The minimum atomic E-state index is -0.622. The Morgan fingerprint density at radius 3 is 2.51 bits per heavy atom. The number of carbonyl (C=O) groups excluding carboxylic acids is 2. The summed E-state index contributed by atoms with van der Waals surface area (Å²) in [5.74, 6) is 0.891. The Hall–Kier alpha value is -3.92. The molecular formula is C29H38N8O2. The zero-order valence-corrected chi connectivity index (χ0v) is 22.8. The van der Waals surface area contributed by atoms with Crippen molar-refractivity contribution in [2.75, 3.05) is 48.8 Å². The smallest absolute Gasteiger partial charge is 0.252 e. The number of rotatable bonds is 9. The molecule has 1 unspecified atom stereocenters. The van der Waals surface area contributed by atoms with Crippen LogP contribution >= 0.6 is 0 Å². The first kappa shape index (κ1) is 26.7. The van der Waals surface area contributed by atoms with Crippen LogP contribution in [-0.2, 0) is 11.8 Å². The number of aryl methyl sites for hydroxylation is 1. The molecule has 3 aromatic rings. The number of aromatic nitrogens is 3. The van der Waals surface area contributed by atoms with Gasteiger partial charge in [-0.05, 0) is 43.7 Å². The van der Waals surface area contributed by atoms with E-state index in [0.29, 0.717) is 23.6 Å². The Balaban J connectivity index is 1.26. The fourth-order valence-electron chi connectivity index (χ4n) is 5.38. The molecule has 3 N–H and O–H groups in total. The highest BCUT2D eigenvalue weighted by atomic mass is 16.2. The molecule has 5 rings (SSSR count). The Morgan fingerprint density at radius 2 is 1.77 bits per heavy atom. The number of anilines is 4. The van der Waals surface area contributed by atoms with E-state index in [1.807, 2.05) is 30.3 Å². The average Bonchev–Trinajstić information content (AvgIpc) is 3.60. The van der Waals surface area contributed by atoms with Gasteiger partial charge in [-0.3, -0.25) is 14.3 Å². The molecule has 3 heterocycles. The molecule has 1 aliphatic heterocycles. The molecule has 0 spiro atoms. The summed E-state index contributed by atoms with van der Waals surface area (Å²) in [6, 6.07) is 10.7. The summed E-state index contributed by atoms with van der Waals surface area (Å²) >= 11 is 0. The lowest BCUT2D eigenvalue weighted by Crippen LogP contribution is -2.44. The van der Waals surface area contributed by atoms with Gasteiger partial charge < -0.3 is 25.8 Å². The highest BCUT2D eigenvalue weighted by Gasteiger charge is 2.27. The van der Waals surface area contributed by atoms with Crippen LogP contribution in [0.4, 0.5) is 22.9 Å². The summed E-state index contributed by atoms with van der Waals surface area (Å²) in [4.78, 5) is 35.7. The molecule has 2 aliphatic rings. The molecule has 2 fully saturated rings. The van der Waals surface area contributed by atoms with Crippen molar-refractivity contribution in [1.82, 2.24) is 25.0 Å². The van der Waals surface area contributed by atoms with E-state index in [1.165, 1.54) is 12.8 Å². The first-order chi connectivity index (χ1) is 18.9. The van der Waals surface area contributed by atoms with Gasteiger partial charge in [-0.15, -0.1) is 0 Å². The monoisotopic (exact) mass is 530 g/mol. The maximum Gasteiger partial charge on any atom is 0.252 e. The van der Waals surface area contributed by atoms with Gasteiger partial charge in [0.15, 0.2) is 0 Å². The van der Waals surface area contributed by atoms with Gasteiger partial charge in [-0.25, -0.2) is 4.98 Å². The van der Waals surface area contributed by atoms with Crippen molar-refractivity contribution < 1.29 is 9.59 Å². The number of nitrogens with zero attached hydrogens (tertiary/aromatic N) is 5.